The Bertz CT molecular complexity index is 1080. The quantitative estimate of drug-likeness (QED) is 0.568. The molecule has 4 aromatic rings. The maximum atomic E-state index is 12.3. The highest BCUT2D eigenvalue weighted by Crippen LogP contribution is 2.29. The zero-order chi connectivity index (χ0) is 18.1. The Labute approximate surface area is 154 Å². The second-order valence-electron chi connectivity index (χ2n) is 6.18. The molecule has 1 N–H and O–H groups in total. The average Bonchev–Trinajstić information content (AvgIpc) is 3.22. The summed E-state index contributed by atoms with van der Waals surface area (Å²) in [4.78, 5) is 21.2. The van der Waals surface area contributed by atoms with Crippen LogP contribution in [0.25, 0.3) is 21.7 Å². The van der Waals surface area contributed by atoms with Crippen LogP contribution in [0.3, 0.4) is 0 Å². The number of anilines is 1. The van der Waals surface area contributed by atoms with Crippen molar-refractivity contribution >= 4 is 32.6 Å². The molecule has 0 unspecified atom stereocenters. The fourth-order valence-electron chi connectivity index (χ4n) is 2.85. The number of aromatic nitrogens is 2. The van der Waals surface area contributed by atoms with E-state index in [4.69, 9.17) is 4.42 Å². The molecule has 0 radical (unpaired) electrons. The van der Waals surface area contributed by atoms with Crippen molar-refractivity contribution in [3.05, 3.63) is 65.5 Å². The van der Waals surface area contributed by atoms with Gasteiger partial charge < -0.3 is 9.73 Å². The molecule has 0 spiro atoms. The molecule has 0 fully saturated rings. The van der Waals surface area contributed by atoms with Crippen molar-refractivity contribution in [2.45, 2.75) is 20.3 Å². The molecule has 0 aliphatic heterocycles. The third-order valence-electron chi connectivity index (χ3n) is 3.99. The molecular formula is C20H17N3O2S. The van der Waals surface area contributed by atoms with E-state index in [-0.39, 0.29) is 12.3 Å². The first-order chi connectivity index (χ1) is 12.6. The number of nitrogens with zero attached hydrogens (tertiary/aromatic N) is 2. The average molecular weight is 363 g/mol. The fraction of sp³-hybridized carbons (Fsp3) is 0.150. The second kappa shape index (κ2) is 6.72. The van der Waals surface area contributed by atoms with Gasteiger partial charge in [-0.1, -0.05) is 35.6 Å². The molecule has 4 rings (SSSR count). The van der Waals surface area contributed by atoms with Crippen molar-refractivity contribution in [3.8, 4) is 11.5 Å². The minimum absolute atomic E-state index is 0.143. The topological polar surface area (TPSA) is 68.0 Å². The van der Waals surface area contributed by atoms with E-state index < -0.39 is 0 Å². The summed E-state index contributed by atoms with van der Waals surface area (Å²) in [5.41, 5.74) is 4.71. The minimum atomic E-state index is -0.161. The number of carbonyl (C=O) groups is 1. The molecule has 130 valence electrons. The molecular weight excluding hydrogens is 346 g/mol. The van der Waals surface area contributed by atoms with Gasteiger partial charge in [-0.2, -0.15) is 0 Å². The van der Waals surface area contributed by atoms with Gasteiger partial charge in [0, 0.05) is 5.56 Å². The Balaban J connectivity index is 1.48. The number of rotatable bonds is 4. The van der Waals surface area contributed by atoms with E-state index in [1.807, 2.05) is 37.3 Å². The standard InChI is InChI=1S/C20H17N3O2S/c1-12-8-13(2)18-16(9-12)26-20(23-18)22-17(24)10-15-11-25-19(21-15)14-6-4-3-5-7-14/h3-9,11H,10H2,1-2H3,(H,22,23,24). The largest absolute Gasteiger partial charge is 0.444 e. The van der Waals surface area contributed by atoms with Crippen molar-refractivity contribution in [2.24, 2.45) is 0 Å². The molecule has 5 nitrogen and oxygen atoms in total. The molecule has 0 aliphatic rings. The number of nitrogens with one attached hydrogen (secondary N) is 1. The summed E-state index contributed by atoms with van der Waals surface area (Å²) in [5.74, 6) is 0.353. The summed E-state index contributed by atoms with van der Waals surface area (Å²) in [6.45, 7) is 4.08. The smallest absolute Gasteiger partial charge is 0.232 e. The molecule has 2 heterocycles. The number of hydrogen-bond acceptors (Lipinski definition) is 5. The van der Waals surface area contributed by atoms with Crippen LogP contribution in [0.4, 0.5) is 5.13 Å². The van der Waals surface area contributed by atoms with E-state index in [1.54, 1.807) is 0 Å². The van der Waals surface area contributed by atoms with Crippen LogP contribution in [-0.4, -0.2) is 15.9 Å². The molecule has 26 heavy (non-hydrogen) atoms. The molecule has 2 aromatic heterocycles. The molecule has 0 saturated carbocycles. The number of benzene rings is 2. The number of aryl methyl sites for hydroxylation is 2. The summed E-state index contributed by atoms with van der Waals surface area (Å²) in [7, 11) is 0. The Morgan fingerprint density at radius 1 is 1.15 bits per heavy atom. The maximum absolute atomic E-state index is 12.3. The first-order valence-electron chi connectivity index (χ1n) is 8.26. The van der Waals surface area contributed by atoms with E-state index in [0.29, 0.717) is 16.7 Å². The van der Waals surface area contributed by atoms with Gasteiger partial charge in [0.05, 0.1) is 22.3 Å². The van der Waals surface area contributed by atoms with Gasteiger partial charge in [-0.05, 0) is 43.2 Å². The van der Waals surface area contributed by atoms with Gasteiger partial charge in [0.1, 0.15) is 6.26 Å². The summed E-state index contributed by atoms with van der Waals surface area (Å²) in [6.07, 6.45) is 1.66. The Kier molecular flexibility index (Phi) is 4.26. The second-order valence-corrected chi connectivity index (χ2v) is 7.21. The summed E-state index contributed by atoms with van der Waals surface area (Å²) >= 11 is 1.48. The number of amides is 1. The van der Waals surface area contributed by atoms with Crippen molar-refractivity contribution in [2.75, 3.05) is 5.32 Å². The van der Waals surface area contributed by atoms with Crippen LogP contribution in [0.2, 0.25) is 0 Å². The van der Waals surface area contributed by atoms with Crippen LogP contribution < -0.4 is 5.32 Å². The monoisotopic (exact) mass is 363 g/mol. The SMILES string of the molecule is Cc1cc(C)c2nc(NC(=O)Cc3coc(-c4ccccc4)n3)sc2c1. The predicted molar refractivity (Wildman–Crippen MR) is 103 cm³/mol. The molecule has 0 bridgehead atoms. The highest BCUT2D eigenvalue weighted by molar-refractivity contribution is 7.22. The van der Waals surface area contributed by atoms with E-state index in [9.17, 15) is 4.79 Å². The third kappa shape index (κ3) is 3.36. The van der Waals surface area contributed by atoms with Crippen molar-refractivity contribution in [1.82, 2.24) is 9.97 Å². The third-order valence-corrected chi connectivity index (χ3v) is 4.91. The van der Waals surface area contributed by atoms with Crippen LogP contribution in [-0.2, 0) is 11.2 Å². The fourth-order valence-corrected chi connectivity index (χ4v) is 3.91. The number of oxazole rings is 1. The zero-order valence-electron chi connectivity index (χ0n) is 14.4. The molecule has 0 aliphatic carbocycles. The molecule has 6 heteroatoms. The first kappa shape index (κ1) is 16.5. The van der Waals surface area contributed by atoms with E-state index in [0.717, 1.165) is 21.3 Å². The number of hydrogen-bond donors (Lipinski definition) is 1. The van der Waals surface area contributed by atoms with E-state index >= 15 is 0 Å². The Morgan fingerprint density at radius 3 is 2.77 bits per heavy atom. The lowest BCUT2D eigenvalue weighted by Crippen LogP contribution is -2.14. The molecule has 0 saturated heterocycles. The molecule has 0 atom stereocenters. The lowest BCUT2D eigenvalue weighted by atomic mass is 10.1. The van der Waals surface area contributed by atoms with Crippen LogP contribution >= 0.6 is 11.3 Å². The van der Waals surface area contributed by atoms with Gasteiger partial charge in [-0.3, -0.25) is 4.79 Å². The minimum Gasteiger partial charge on any atom is -0.444 e. The van der Waals surface area contributed by atoms with Crippen molar-refractivity contribution in [3.63, 3.8) is 0 Å². The van der Waals surface area contributed by atoms with Gasteiger partial charge in [0.2, 0.25) is 11.8 Å². The summed E-state index contributed by atoms with van der Waals surface area (Å²) in [6, 6.07) is 13.8. The number of thiazole rings is 1. The van der Waals surface area contributed by atoms with Crippen LogP contribution in [0.15, 0.2) is 53.1 Å². The zero-order valence-corrected chi connectivity index (χ0v) is 15.3. The lowest BCUT2D eigenvalue weighted by Gasteiger charge is -1.98. The lowest BCUT2D eigenvalue weighted by molar-refractivity contribution is -0.115. The van der Waals surface area contributed by atoms with Crippen LogP contribution in [0.1, 0.15) is 16.8 Å². The normalized spacial score (nSPS) is 11.0. The van der Waals surface area contributed by atoms with Crippen molar-refractivity contribution in [1.29, 1.82) is 0 Å². The van der Waals surface area contributed by atoms with Crippen LogP contribution in [0, 0.1) is 13.8 Å². The van der Waals surface area contributed by atoms with Gasteiger partial charge >= 0.3 is 0 Å². The maximum Gasteiger partial charge on any atom is 0.232 e. The summed E-state index contributed by atoms with van der Waals surface area (Å²) in [5, 5.41) is 3.46. The Hall–Kier alpha value is -2.99. The number of carbonyl (C=O) groups excluding carboxylic acids is 1. The first-order valence-corrected chi connectivity index (χ1v) is 9.07. The molecule has 1 amide bonds. The van der Waals surface area contributed by atoms with E-state index in [1.165, 1.54) is 23.2 Å². The van der Waals surface area contributed by atoms with E-state index in [2.05, 4.69) is 34.3 Å². The van der Waals surface area contributed by atoms with Gasteiger partial charge in [0.15, 0.2) is 5.13 Å². The number of fused-ring (bicyclic) bond motifs is 1. The van der Waals surface area contributed by atoms with Gasteiger partial charge in [0.25, 0.3) is 0 Å². The predicted octanol–water partition coefficient (Wildman–Crippen LogP) is 4.75. The van der Waals surface area contributed by atoms with Gasteiger partial charge in [-0.25, -0.2) is 9.97 Å². The van der Waals surface area contributed by atoms with Gasteiger partial charge in [-0.15, -0.1) is 0 Å². The highest BCUT2D eigenvalue weighted by Gasteiger charge is 2.13. The highest BCUT2D eigenvalue weighted by atomic mass is 32.1. The summed E-state index contributed by atoms with van der Waals surface area (Å²) < 4.78 is 6.55. The molecule has 2 aromatic carbocycles. The van der Waals surface area contributed by atoms with Crippen molar-refractivity contribution < 1.29 is 9.21 Å². The Morgan fingerprint density at radius 2 is 1.96 bits per heavy atom. The van der Waals surface area contributed by atoms with Crippen LogP contribution in [0.5, 0.6) is 0 Å².